The molecule has 5 heteroatoms. The van der Waals surface area contributed by atoms with Crippen molar-refractivity contribution in [3.63, 3.8) is 0 Å². The highest BCUT2D eigenvalue weighted by Crippen LogP contribution is 2.22. The number of rotatable bonds is 6. The Balaban J connectivity index is 0.000000168. The zero-order valence-corrected chi connectivity index (χ0v) is 24.5. The van der Waals surface area contributed by atoms with E-state index in [2.05, 4.69) is 54.6 Å². The van der Waals surface area contributed by atoms with Crippen LogP contribution in [0.2, 0.25) is 0 Å². The van der Waals surface area contributed by atoms with Crippen LogP contribution in [0.4, 0.5) is 0 Å². The van der Waals surface area contributed by atoms with Crippen LogP contribution in [0.1, 0.15) is 40.3 Å². The Kier molecular flexibility index (Phi) is 9.83. The molecule has 0 fully saturated rings. The highest BCUT2D eigenvalue weighted by Gasteiger charge is 2.26. The lowest BCUT2D eigenvalue weighted by Gasteiger charge is -2.31. The second kappa shape index (κ2) is 14.1. The molecule has 0 aromatic heterocycles. The Morgan fingerprint density at radius 2 is 1.00 bits per heavy atom. The van der Waals surface area contributed by atoms with E-state index in [0.29, 0.717) is 13.0 Å². The van der Waals surface area contributed by atoms with Gasteiger partial charge in [0.15, 0.2) is 0 Å². The van der Waals surface area contributed by atoms with Crippen molar-refractivity contribution in [2.75, 3.05) is 13.1 Å². The van der Waals surface area contributed by atoms with Gasteiger partial charge in [-0.15, -0.1) is 0 Å². The molecule has 2 aliphatic rings. The normalized spacial score (nSPS) is 15.4. The fraction of sp³-hybridized carbons (Fsp3) is 0.297. The van der Waals surface area contributed by atoms with E-state index in [1.807, 2.05) is 71.3 Å². The molecule has 42 heavy (non-hydrogen) atoms. The molecule has 4 aromatic carbocycles. The fourth-order valence-electron chi connectivity index (χ4n) is 5.92. The van der Waals surface area contributed by atoms with Crippen molar-refractivity contribution < 1.29 is 9.59 Å². The summed E-state index contributed by atoms with van der Waals surface area (Å²) in [5.41, 5.74) is 13.7. The minimum absolute atomic E-state index is 0.0395. The summed E-state index contributed by atoms with van der Waals surface area (Å²) in [6.45, 7) is 5.08. The van der Waals surface area contributed by atoms with Crippen molar-refractivity contribution in [1.29, 1.82) is 0 Å². The van der Waals surface area contributed by atoms with Crippen LogP contribution < -0.4 is 5.73 Å². The largest absolute Gasteiger partial charge is 0.338 e. The van der Waals surface area contributed by atoms with Gasteiger partial charge < -0.3 is 15.5 Å². The second-order valence-electron chi connectivity index (χ2n) is 11.4. The molecule has 0 spiro atoms. The SMILES string of the molecule is C[C@@H](Cc1ccccc1)C(=O)N1CCc2ccccc2C1.N[C@@H](Cc1ccccc1)C(=O)N1CCc2ccccc2C1. The molecule has 2 N–H and O–H groups in total. The van der Waals surface area contributed by atoms with Crippen LogP contribution in [0, 0.1) is 5.92 Å². The van der Waals surface area contributed by atoms with Crippen molar-refractivity contribution in [2.45, 2.75) is 51.7 Å². The van der Waals surface area contributed by atoms with Crippen LogP contribution in [0.5, 0.6) is 0 Å². The summed E-state index contributed by atoms with van der Waals surface area (Å²) in [7, 11) is 0. The predicted octanol–water partition coefficient (Wildman–Crippen LogP) is 5.59. The smallest absolute Gasteiger partial charge is 0.240 e. The monoisotopic (exact) mass is 559 g/mol. The first-order chi connectivity index (χ1) is 20.5. The third kappa shape index (κ3) is 7.54. The van der Waals surface area contributed by atoms with E-state index in [-0.39, 0.29) is 17.7 Å². The number of benzene rings is 4. The Morgan fingerprint density at radius 3 is 1.50 bits per heavy atom. The topological polar surface area (TPSA) is 66.6 Å². The van der Waals surface area contributed by atoms with Crippen LogP contribution in [0.3, 0.4) is 0 Å². The van der Waals surface area contributed by atoms with E-state index < -0.39 is 6.04 Å². The van der Waals surface area contributed by atoms with E-state index in [1.54, 1.807) is 0 Å². The van der Waals surface area contributed by atoms with Crippen molar-refractivity contribution >= 4 is 11.8 Å². The summed E-state index contributed by atoms with van der Waals surface area (Å²) in [5.74, 6) is 0.361. The molecule has 0 saturated heterocycles. The van der Waals surface area contributed by atoms with Crippen LogP contribution >= 0.6 is 0 Å². The number of carbonyl (C=O) groups excluding carboxylic acids is 2. The molecule has 216 valence electrons. The third-order valence-electron chi connectivity index (χ3n) is 8.31. The first kappa shape index (κ1) is 29.3. The van der Waals surface area contributed by atoms with Gasteiger partial charge in [0.25, 0.3) is 0 Å². The Bertz CT molecular complexity index is 1360. The lowest BCUT2D eigenvalue weighted by molar-refractivity contribution is -0.136. The maximum absolute atomic E-state index is 12.6. The molecule has 0 aliphatic carbocycles. The van der Waals surface area contributed by atoms with E-state index >= 15 is 0 Å². The molecule has 0 saturated carbocycles. The quantitative estimate of drug-likeness (QED) is 0.335. The predicted molar refractivity (Wildman–Crippen MR) is 169 cm³/mol. The molecule has 5 nitrogen and oxygen atoms in total. The highest BCUT2D eigenvalue weighted by molar-refractivity contribution is 5.82. The summed E-state index contributed by atoms with van der Waals surface area (Å²) in [4.78, 5) is 29.0. The van der Waals surface area contributed by atoms with Gasteiger partial charge in [0.05, 0.1) is 6.04 Å². The first-order valence-electron chi connectivity index (χ1n) is 15.0. The molecule has 6 rings (SSSR count). The minimum Gasteiger partial charge on any atom is -0.338 e. The van der Waals surface area contributed by atoms with Gasteiger partial charge in [-0.05, 0) is 59.1 Å². The summed E-state index contributed by atoms with van der Waals surface area (Å²) >= 11 is 0. The van der Waals surface area contributed by atoms with Crippen molar-refractivity contribution in [2.24, 2.45) is 11.7 Å². The number of nitrogens with two attached hydrogens (primary N) is 1. The molecular weight excluding hydrogens is 518 g/mol. The molecule has 2 heterocycles. The number of fused-ring (bicyclic) bond motifs is 2. The fourth-order valence-corrected chi connectivity index (χ4v) is 5.92. The minimum atomic E-state index is -0.460. The molecule has 4 aromatic rings. The Labute approximate surface area is 250 Å². The molecule has 0 radical (unpaired) electrons. The Hall–Kier alpha value is -4.22. The van der Waals surface area contributed by atoms with Gasteiger partial charge in [-0.2, -0.15) is 0 Å². The Morgan fingerprint density at radius 1 is 0.595 bits per heavy atom. The molecule has 2 aliphatic heterocycles. The van der Waals surface area contributed by atoms with Crippen LogP contribution in [-0.2, 0) is 48.4 Å². The maximum Gasteiger partial charge on any atom is 0.240 e. The molecule has 0 bridgehead atoms. The van der Waals surface area contributed by atoms with Crippen molar-refractivity contribution in [3.05, 3.63) is 143 Å². The zero-order valence-electron chi connectivity index (χ0n) is 24.5. The van der Waals surface area contributed by atoms with Crippen LogP contribution in [0.15, 0.2) is 109 Å². The standard InChI is InChI=1S/C19H21NO.C18H20N2O/c1-15(13-16-7-3-2-4-8-16)19(21)20-12-11-17-9-5-6-10-18(17)14-20;19-17(12-14-6-2-1-3-7-14)18(21)20-11-10-15-8-4-5-9-16(15)13-20/h2-10,15H,11-14H2,1H3;1-9,17H,10-13,19H2/t15-;17-/m00/s1. The average Bonchev–Trinajstić information content (AvgIpc) is 3.04. The second-order valence-corrected chi connectivity index (χ2v) is 11.4. The zero-order chi connectivity index (χ0) is 29.3. The van der Waals surface area contributed by atoms with Gasteiger partial charge in [0.2, 0.25) is 11.8 Å². The summed E-state index contributed by atoms with van der Waals surface area (Å²) in [6.07, 6.45) is 3.30. The molecule has 2 amide bonds. The van der Waals surface area contributed by atoms with Crippen molar-refractivity contribution in [3.8, 4) is 0 Å². The van der Waals surface area contributed by atoms with E-state index in [9.17, 15) is 9.59 Å². The molecule has 2 atom stereocenters. The molecular formula is C37H41N3O2. The number of hydrogen-bond acceptors (Lipinski definition) is 3. The summed E-state index contributed by atoms with van der Waals surface area (Å²) in [5, 5.41) is 0. The highest BCUT2D eigenvalue weighted by atomic mass is 16.2. The lowest BCUT2D eigenvalue weighted by atomic mass is 9.96. The van der Waals surface area contributed by atoms with E-state index in [0.717, 1.165) is 44.5 Å². The number of amides is 2. The molecule has 0 unspecified atom stereocenters. The van der Waals surface area contributed by atoms with Gasteiger partial charge in [-0.25, -0.2) is 0 Å². The van der Waals surface area contributed by atoms with Gasteiger partial charge in [0.1, 0.15) is 0 Å². The van der Waals surface area contributed by atoms with E-state index in [4.69, 9.17) is 5.73 Å². The summed E-state index contributed by atoms with van der Waals surface area (Å²) < 4.78 is 0. The number of hydrogen-bond donors (Lipinski definition) is 1. The first-order valence-corrected chi connectivity index (χ1v) is 15.0. The van der Waals surface area contributed by atoms with Gasteiger partial charge in [-0.1, -0.05) is 116 Å². The maximum atomic E-state index is 12.6. The third-order valence-corrected chi connectivity index (χ3v) is 8.31. The van der Waals surface area contributed by atoms with E-state index in [1.165, 1.54) is 27.8 Å². The van der Waals surface area contributed by atoms with Crippen LogP contribution in [0.25, 0.3) is 0 Å². The van der Waals surface area contributed by atoms with Gasteiger partial charge in [-0.3, -0.25) is 9.59 Å². The van der Waals surface area contributed by atoms with Gasteiger partial charge in [0, 0.05) is 32.1 Å². The van der Waals surface area contributed by atoms with Crippen molar-refractivity contribution in [1.82, 2.24) is 9.80 Å². The van der Waals surface area contributed by atoms with Gasteiger partial charge >= 0.3 is 0 Å². The average molecular weight is 560 g/mol. The number of carbonyl (C=O) groups is 2. The lowest BCUT2D eigenvalue weighted by Crippen LogP contribution is -2.46. The number of nitrogens with zero attached hydrogens (tertiary/aromatic N) is 2. The van der Waals surface area contributed by atoms with Crippen LogP contribution in [-0.4, -0.2) is 40.7 Å². The summed E-state index contributed by atoms with van der Waals surface area (Å²) in [6, 6.07) is 36.5.